The first-order chi connectivity index (χ1) is 3.49. The summed E-state index contributed by atoms with van der Waals surface area (Å²) in [7, 11) is 3.50. The first-order valence-corrected chi connectivity index (χ1v) is 2.75. The van der Waals surface area contributed by atoms with Gasteiger partial charge in [0.25, 0.3) is 0 Å². The van der Waals surface area contributed by atoms with E-state index in [9.17, 15) is 0 Å². The van der Waals surface area contributed by atoms with E-state index in [1.54, 1.807) is 0 Å². The van der Waals surface area contributed by atoms with Gasteiger partial charge in [-0.15, -0.1) is 0 Å². The van der Waals surface area contributed by atoms with Gasteiger partial charge in [-0.1, -0.05) is 0 Å². The predicted octanol–water partition coefficient (Wildman–Crippen LogP) is -2.05. The Morgan fingerprint density at radius 2 is 1.12 bits per heavy atom. The van der Waals surface area contributed by atoms with Gasteiger partial charge < -0.3 is 0 Å². The molecule has 0 amide bonds. The SMILES string of the molecule is B#N.B12B3B4B1C234.[B]. The maximum absolute atomic E-state index is 6.50. The third-order valence-electron chi connectivity index (χ3n) is 3.42. The molecule has 3 radical (unpaired) electrons. The van der Waals surface area contributed by atoms with Crippen molar-refractivity contribution in [3.8, 4) is 0 Å². The summed E-state index contributed by atoms with van der Waals surface area (Å²) in [5.74, 6) is 0. The van der Waals surface area contributed by atoms with Crippen molar-refractivity contribution >= 4 is 41.9 Å². The summed E-state index contributed by atoms with van der Waals surface area (Å²) in [4.78, 5) is 0. The van der Waals surface area contributed by atoms with Gasteiger partial charge in [0.2, 0.25) is 0 Å². The molecule has 0 saturated carbocycles. The van der Waals surface area contributed by atoms with Crippen molar-refractivity contribution in [1.82, 2.24) is 0 Å². The molecule has 0 bridgehead atoms. The fourth-order valence-corrected chi connectivity index (χ4v) is 2.66. The first-order valence-electron chi connectivity index (χ1n) is 2.75. The van der Waals surface area contributed by atoms with E-state index in [1.165, 1.54) is 31.0 Å². The van der Waals surface area contributed by atoms with Crippen LogP contribution in [0.5, 0.6) is 0 Å². The van der Waals surface area contributed by atoms with Crippen molar-refractivity contribution in [3.63, 3.8) is 0 Å². The van der Waals surface area contributed by atoms with Crippen LogP contribution in [0.1, 0.15) is 0 Å². The maximum atomic E-state index is 6.50. The minimum Gasteiger partial charge on any atom is -0.164 e. The standard InChI is InChI=1S/CB4.BN.B/c2-1-3(2)5(1)4(1)2;1-2;. The average molecular weight is 90.9 g/mol. The smallest absolute Gasteiger partial charge is 0.0410 e. The molecule has 4 rings (SSSR count). The van der Waals surface area contributed by atoms with Crippen molar-refractivity contribution in [3.05, 3.63) is 0 Å². The molecule has 1 nitrogen and oxygen atoms in total. The van der Waals surface area contributed by atoms with Gasteiger partial charge in [-0.25, -0.2) is 0 Å². The van der Waals surface area contributed by atoms with Gasteiger partial charge in [-0.2, -0.15) is 5.01 Å². The molecule has 8 heavy (non-hydrogen) atoms. The Labute approximate surface area is 52.8 Å². The largest absolute Gasteiger partial charge is 0.164 e. The van der Waals surface area contributed by atoms with Gasteiger partial charge >= 0.3 is 12.6 Å². The summed E-state index contributed by atoms with van der Waals surface area (Å²) >= 11 is 0. The molecule has 27 valence electrons. The molecular formula is CB6N. The maximum Gasteiger partial charge on any atom is 0.0410 e. The number of nitrogens with zero attached hydrogens (tertiary/aromatic N) is 1. The molecule has 0 aromatic carbocycles. The van der Waals surface area contributed by atoms with E-state index in [2.05, 4.69) is 7.49 Å². The molecule has 4 fully saturated rings. The van der Waals surface area contributed by atoms with Gasteiger partial charge in [0.15, 0.2) is 0 Å². The van der Waals surface area contributed by atoms with Crippen molar-refractivity contribution in [1.29, 1.82) is 5.16 Å². The van der Waals surface area contributed by atoms with Crippen LogP contribution in [0.4, 0.5) is 0 Å². The summed E-state index contributed by atoms with van der Waals surface area (Å²) in [6.45, 7) is 5.42. The van der Waals surface area contributed by atoms with Crippen molar-refractivity contribution in [2.75, 3.05) is 0 Å². The Bertz CT molecular complexity index is 141. The molecule has 4 aliphatic heterocycles. The summed E-state index contributed by atoms with van der Waals surface area (Å²) < 4.78 is 0. The second kappa shape index (κ2) is 0.806. The number of fused-ring (bicyclic) bond motifs is 4. The van der Waals surface area contributed by atoms with E-state index in [0.29, 0.717) is 0 Å². The van der Waals surface area contributed by atoms with Crippen LogP contribution in [-0.4, -0.2) is 41.9 Å². The molecular weight excluding hydrogens is 90.9 g/mol. The Kier molecular flexibility index (Phi) is 0.497. The summed E-state index contributed by atoms with van der Waals surface area (Å²) in [5.41, 5.74) is 0. The number of hydrogen-bond acceptors (Lipinski definition) is 1. The normalized spacial score (nSPS) is 30.6. The van der Waals surface area contributed by atoms with E-state index in [-0.39, 0.29) is 8.41 Å². The van der Waals surface area contributed by atoms with E-state index < -0.39 is 0 Å². The molecule has 0 N–H and O–H groups in total. The van der Waals surface area contributed by atoms with Gasteiger partial charge in [-0.05, 0) is 0 Å². The monoisotopic (exact) mass is 92.1 g/mol. The summed E-state index contributed by atoms with van der Waals surface area (Å²) in [6.07, 6.45) is 0. The van der Waals surface area contributed by atoms with E-state index in [1.807, 2.05) is 0 Å². The van der Waals surface area contributed by atoms with Crippen molar-refractivity contribution in [2.24, 2.45) is 0 Å². The Morgan fingerprint density at radius 1 is 1.00 bits per heavy atom. The van der Waals surface area contributed by atoms with E-state index in [0.717, 1.165) is 0 Å². The van der Waals surface area contributed by atoms with Crippen LogP contribution in [0.15, 0.2) is 0 Å². The average Bonchev–Trinajstić information content (AvgIpc) is 2.13. The van der Waals surface area contributed by atoms with Crippen molar-refractivity contribution < 1.29 is 0 Å². The summed E-state index contributed by atoms with van der Waals surface area (Å²) in [6, 6.07) is 0. The quantitative estimate of drug-likeness (QED) is 0.314. The van der Waals surface area contributed by atoms with E-state index >= 15 is 0 Å². The fraction of sp³-hybridized carbons (Fsp3) is 1.00. The molecule has 0 aliphatic carbocycles. The van der Waals surface area contributed by atoms with Crippen LogP contribution in [0, 0.1) is 5.16 Å². The molecule has 4 heterocycles. The predicted molar refractivity (Wildman–Crippen MR) is 38.9 cm³/mol. The molecule has 4 aliphatic rings. The van der Waals surface area contributed by atoms with Crippen LogP contribution >= 0.6 is 0 Å². The molecule has 0 aromatic rings. The second-order valence-electron chi connectivity index (χ2n) is 3.10. The Hall–Kier alpha value is 0.0996. The number of rotatable bonds is 0. The number of hydrogen-bond donors (Lipinski definition) is 0. The van der Waals surface area contributed by atoms with E-state index in [4.69, 9.17) is 5.16 Å². The van der Waals surface area contributed by atoms with Crippen LogP contribution in [0.2, 0.25) is 5.01 Å². The van der Waals surface area contributed by atoms with Crippen molar-refractivity contribution in [2.45, 2.75) is 5.01 Å². The van der Waals surface area contributed by atoms with Crippen LogP contribution in [0.25, 0.3) is 0 Å². The minimum atomic E-state index is 0. The van der Waals surface area contributed by atoms with Crippen LogP contribution < -0.4 is 0 Å². The first kappa shape index (κ1) is 4.93. The fourth-order valence-electron chi connectivity index (χ4n) is 2.66. The summed E-state index contributed by atoms with van der Waals surface area (Å²) in [5, 5.41) is 7.67. The zero-order chi connectivity index (χ0) is 4.81. The molecule has 0 unspecified atom stereocenters. The molecule has 4 saturated heterocycles. The molecule has 0 atom stereocenters. The Morgan fingerprint density at radius 3 is 1.12 bits per heavy atom. The zero-order valence-electron chi connectivity index (χ0n) is 4.41. The third kappa shape index (κ3) is 0.154. The van der Waals surface area contributed by atoms with Gasteiger partial charge in [0.1, 0.15) is 0 Å². The van der Waals surface area contributed by atoms with Crippen LogP contribution in [0.3, 0.4) is 0 Å². The second-order valence-corrected chi connectivity index (χ2v) is 3.10. The van der Waals surface area contributed by atoms with Gasteiger partial charge in [0.05, 0.1) is 0 Å². The minimum absolute atomic E-state index is 0. The molecule has 0 aromatic heterocycles. The zero-order valence-corrected chi connectivity index (χ0v) is 4.41. The Balaban J connectivity index is 0.0000000850. The van der Waals surface area contributed by atoms with Gasteiger partial charge in [0, 0.05) is 34.4 Å². The topological polar surface area (TPSA) is 23.8 Å². The van der Waals surface area contributed by atoms with Gasteiger partial charge in [-0.3, -0.25) is 0 Å². The third-order valence-corrected chi connectivity index (χ3v) is 3.42. The van der Waals surface area contributed by atoms with Crippen LogP contribution in [-0.2, 0) is 0 Å². The molecule has 1 spiro atoms. The molecule has 7 heteroatoms.